The minimum Gasteiger partial charge on any atom is -0.378 e. The van der Waals surface area contributed by atoms with Crippen LogP contribution in [0.15, 0.2) is 84.8 Å². The Labute approximate surface area is 244 Å². The van der Waals surface area contributed by atoms with Crippen molar-refractivity contribution in [1.29, 1.82) is 5.26 Å². The summed E-state index contributed by atoms with van der Waals surface area (Å²) in [5.41, 5.74) is 11.1. The molecule has 0 amide bonds. The average molecular weight is 566 g/mol. The van der Waals surface area contributed by atoms with Crippen LogP contribution in [-0.2, 0) is 5.44 Å². The highest BCUT2D eigenvalue weighted by Gasteiger charge is 2.38. The average Bonchev–Trinajstić information content (AvgIpc) is 3.72. The van der Waals surface area contributed by atoms with Crippen molar-refractivity contribution >= 4 is 41.7 Å². The molecule has 7 nitrogen and oxygen atoms in total. The summed E-state index contributed by atoms with van der Waals surface area (Å²) in [6.45, 7) is 2.11. The van der Waals surface area contributed by atoms with Gasteiger partial charge in [-0.05, 0) is 54.7 Å². The number of fused-ring (bicyclic) bond motifs is 1. The minimum absolute atomic E-state index is 0.0129. The first-order valence-corrected chi connectivity index (χ1v) is 14.2. The van der Waals surface area contributed by atoms with Crippen LogP contribution in [0.4, 0.5) is 15.8 Å². The molecule has 0 radical (unpaired) electrons. The van der Waals surface area contributed by atoms with Crippen LogP contribution in [0.25, 0.3) is 10.9 Å². The van der Waals surface area contributed by atoms with Crippen LogP contribution in [0.2, 0.25) is 5.02 Å². The standard InChI is InChI=1S/C31H30BClFN7/c1-2-27(19-6-4-3-5-7-19)37-29-20(16-35)17-36-30-25(29)14-23(15-26(30)33)38-31(32,21-8-10-22(34)11-9-21)28-18-41(40-39-28)24-12-13-24/h3-11,14-15,17-18,24,27,38-40H,2,12-13,32H2,1H3,(H,36,37)/t27-,31?/m1/s1. The maximum atomic E-state index is 13.9. The van der Waals surface area contributed by atoms with Gasteiger partial charge < -0.3 is 16.1 Å². The lowest BCUT2D eigenvalue weighted by Gasteiger charge is -2.34. The number of benzene rings is 3. The van der Waals surface area contributed by atoms with Gasteiger partial charge in [-0.1, -0.05) is 61.0 Å². The Morgan fingerprint density at radius 1 is 1.20 bits per heavy atom. The van der Waals surface area contributed by atoms with Gasteiger partial charge in [-0.2, -0.15) is 5.26 Å². The van der Waals surface area contributed by atoms with E-state index in [0.717, 1.165) is 47.2 Å². The van der Waals surface area contributed by atoms with Crippen LogP contribution in [0.3, 0.4) is 0 Å². The third-order valence-electron chi connectivity index (χ3n) is 7.86. The van der Waals surface area contributed by atoms with Crippen LogP contribution in [0, 0.1) is 17.1 Å². The van der Waals surface area contributed by atoms with Gasteiger partial charge in [-0.3, -0.25) is 9.99 Å². The number of nitriles is 1. The zero-order chi connectivity index (χ0) is 28.6. The number of hydrogen-bond donors (Lipinski definition) is 4. The molecule has 3 aromatic carbocycles. The number of nitrogens with one attached hydrogen (secondary N) is 4. The lowest BCUT2D eigenvalue weighted by Crippen LogP contribution is -2.45. The van der Waals surface area contributed by atoms with Crippen LogP contribution in [-0.4, -0.2) is 23.9 Å². The molecule has 0 saturated heterocycles. The number of halogens is 2. The molecular weight excluding hydrogens is 536 g/mol. The monoisotopic (exact) mass is 565 g/mol. The second-order valence-electron chi connectivity index (χ2n) is 10.7. The fourth-order valence-electron chi connectivity index (χ4n) is 5.35. The molecule has 4 aromatic rings. The van der Waals surface area contributed by atoms with Gasteiger partial charge in [0.15, 0.2) is 0 Å². The molecule has 2 heterocycles. The van der Waals surface area contributed by atoms with E-state index in [0.29, 0.717) is 27.8 Å². The Morgan fingerprint density at radius 2 is 1.95 bits per heavy atom. The Morgan fingerprint density at radius 3 is 2.63 bits per heavy atom. The molecule has 2 aliphatic rings. The number of nitrogens with zero attached hydrogens (tertiary/aromatic N) is 3. The molecule has 0 bridgehead atoms. The fraction of sp³-hybridized carbons (Fsp3) is 0.226. The summed E-state index contributed by atoms with van der Waals surface area (Å²) in [6, 6.07) is 23.2. The van der Waals surface area contributed by atoms with E-state index in [-0.39, 0.29) is 11.9 Å². The van der Waals surface area contributed by atoms with Crippen LogP contribution < -0.4 is 21.6 Å². The number of pyridine rings is 1. The van der Waals surface area contributed by atoms with E-state index >= 15 is 0 Å². The molecule has 2 atom stereocenters. The Hall–Kier alpha value is -4.26. The van der Waals surface area contributed by atoms with Crippen LogP contribution in [0.1, 0.15) is 48.9 Å². The molecule has 0 spiro atoms. The normalized spacial score (nSPS) is 16.8. The first-order valence-electron chi connectivity index (χ1n) is 13.8. The lowest BCUT2D eigenvalue weighted by molar-refractivity contribution is 0.260. The van der Waals surface area contributed by atoms with Gasteiger partial charge in [0.2, 0.25) is 0 Å². The summed E-state index contributed by atoms with van der Waals surface area (Å²) in [6.07, 6.45) is 6.70. The molecule has 1 aliphatic heterocycles. The number of hydrazine groups is 2. The number of rotatable bonds is 9. The van der Waals surface area contributed by atoms with Gasteiger partial charge in [0, 0.05) is 29.5 Å². The Kier molecular flexibility index (Phi) is 7.20. The largest absolute Gasteiger partial charge is 0.378 e. The van der Waals surface area contributed by atoms with Gasteiger partial charge in [0.05, 0.1) is 39.0 Å². The van der Waals surface area contributed by atoms with Crippen LogP contribution in [0.5, 0.6) is 0 Å². The molecule has 1 aliphatic carbocycles. The van der Waals surface area contributed by atoms with Crippen molar-refractivity contribution in [3.05, 3.63) is 112 Å². The van der Waals surface area contributed by atoms with Crippen molar-refractivity contribution in [3.63, 3.8) is 0 Å². The van der Waals surface area contributed by atoms with Crippen molar-refractivity contribution in [2.75, 3.05) is 10.6 Å². The topological polar surface area (TPSA) is 88.0 Å². The summed E-state index contributed by atoms with van der Waals surface area (Å²) in [5, 5.41) is 20.6. The summed E-state index contributed by atoms with van der Waals surface area (Å²) in [5.74, 6) is -0.300. The first kappa shape index (κ1) is 26.9. The number of aromatic nitrogens is 1. The van der Waals surface area contributed by atoms with Gasteiger partial charge in [-0.15, -0.1) is 5.53 Å². The van der Waals surface area contributed by atoms with Gasteiger partial charge >= 0.3 is 0 Å². The van der Waals surface area contributed by atoms with E-state index in [4.69, 9.17) is 11.6 Å². The molecule has 41 heavy (non-hydrogen) atoms. The maximum Gasteiger partial charge on any atom is 0.148 e. The van der Waals surface area contributed by atoms with E-state index in [1.165, 1.54) is 12.1 Å². The zero-order valence-corrected chi connectivity index (χ0v) is 23.6. The highest BCUT2D eigenvalue weighted by Crippen LogP contribution is 2.39. The summed E-state index contributed by atoms with van der Waals surface area (Å²) in [7, 11) is 2.04. The van der Waals surface area contributed by atoms with Crippen molar-refractivity contribution in [3.8, 4) is 6.07 Å². The molecule has 1 unspecified atom stereocenters. The molecule has 1 aromatic heterocycles. The van der Waals surface area contributed by atoms with Gasteiger partial charge in [-0.25, -0.2) is 4.39 Å². The van der Waals surface area contributed by atoms with E-state index in [2.05, 4.69) is 62.9 Å². The van der Waals surface area contributed by atoms with Crippen LogP contribution >= 0.6 is 11.6 Å². The van der Waals surface area contributed by atoms with Crippen molar-refractivity contribution in [2.45, 2.75) is 43.7 Å². The van der Waals surface area contributed by atoms with Gasteiger partial charge in [0.25, 0.3) is 0 Å². The predicted octanol–water partition coefficient (Wildman–Crippen LogP) is 5.69. The first-order chi connectivity index (χ1) is 19.9. The van der Waals surface area contributed by atoms with E-state index < -0.39 is 5.44 Å². The molecular formula is C31H30BClFN7. The highest BCUT2D eigenvalue weighted by atomic mass is 35.5. The molecule has 4 N–H and O–H groups in total. The second kappa shape index (κ2) is 11.0. The maximum absolute atomic E-state index is 13.9. The summed E-state index contributed by atoms with van der Waals surface area (Å²) in [4.78, 5) is 4.53. The van der Waals surface area contributed by atoms with Crippen molar-refractivity contribution in [1.82, 2.24) is 21.0 Å². The third-order valence-corrected chi connectivity index (χ3v) is 8.14. The molecule has 1 fully saturated rings. The molecule has 6 rings (SSSR count). The van der Waals surface area contributed by atoms with E-state index in [1.54, 1.807) is 18.3 Å². The Bertz CT molecular complexity index is 1650. The molecule has 206 valence electrons. The number of hydrogen-bond acceptors (Lipinski definition) is 7. The zero-order valence-electron chi connectivity index (χ0n) is 22.9. The smallest absolute Gasteiger partial charge is 0.148 e. The fourth-order valence-corrected chi connectivity index (χ4v) is 5.62. The lowest BCUT2D eigenvalue weighted by atomic mass is 9.69. The summed E-state index contributed by atoms with van der Waals surface area (Å²) < 4.78 is 13.9. The second-order valence-corrected chi connectivity index (χ2v) is 11.1. The molecule has 1 saturated carbocycles. The van der Waals surface area contributed by atoms with Crippen molar-refractivity contribution < 1.29 is 4.39 Å². The summed E-state index contributed by atoms with van der Waals surface area (Å²) >= 11 is 6.83. The minimum atomic E-state index is -0.773. The molecule has 10 heteroatoms. The third kappa shape index (κ3) is 5.29. The van der Waals surface area contributed by atoms with E-state index in [9.17, 15) is 9.65 Å². The predicted molar refractivity (Wildman–Crippen MR) is 164 cm³/mol. The Balaban J connectivity index is 1.44. The quantitative estimate of drug-likeness (QED) is 0.194. The van der Waals surface area contributed by atoms with Gasteiger partial charge in [0.1, 0.15) is 19.7 Å². The van der Waals surface area contributed by atoms with Crippen molar-refractivity contribution in [2.24, 2.45) is 0 Å². The SMILES string of the molecule is BC(Nc1cc(Cl)c2ncc(C#N)c(N[C@H](CC)c3ccccc3)c2c1)(C1=CN(C2CC2)NN1)c1ccc(F)cc1. The number of anilines is 2. The van der Waals surface area contributed by atoms with E-state index in [1.807, 2.05) is 38.2 Å². The highest BCUT2D eigenvalue weighted by molar-refractivity contribution is 6.36.